The lowest BCUT2D eigenvalue weighted by Crippen LogP contribution is -2.27. The molecular formula is C20H25N3O2. The van der Waals surface area contributed by atoms with Crippen LogP contribution >= 0.6 is 0 Å². The van der Waals surface area contributed by atoms with Gasteiger partial charge in [0, 0.05) is 12.4 Å². The van der Waals surface area contributed by atoms with Crippen LogP contribution in [0.25, 0.3) is 5.69 Å². The highest BCUT2D eigenvalue weighted by Crippen LogP contribution is 2.32. The first-order valence-corrected chi connectivity index (χ1v) is 8.48. The molecule has 0 atom stereocenters. The van der Waals surface area contributed by atoms with Crippen molar-refractivity contribution < 1.29 is 0 Å². The predicted octanol–water partition coefficient (Wildman–Crippen LogP) is 3.14. The molecular weight excluding hydrogens is 314 g/mol. The molecule has 5 heteroatoms. The van der Waals surface area contributed by atoms with E-state index in [1.165, 1.54) is 13.6 Å². The zero-order valence-electron chi connectivity index (χ0n) is 15.7. The van der Waals surface area contributed by atoms with Gasteiger partial charge in [0.2, 0.25) is 0 Å². The topological polar surface area (TPSA) is 47.9 Å². The number of aromatic nitrogens is 3. The van der Waals surface area contributed by atoms with E-state index in [1.54, 1.807) is 12.1 Å². The highest BCUT2D eigenvalue weighted by molar-refractivity contribution is 5.35. The van der Waals surface area contributed by atoms with E-state index in [2.05, 4.69) is 41.5 Å². The zero-order valence-corrected chi connectivity index (χ0v) is 15.7. The first-order chi connectivity index (χ1) is 11.5. The second-order valence-electron chi connectivity index (χ2n) is 8.51. The van der Waals surface area contributed by atoms with Gasteiger partial charge in [-0.25, -0.2) is 23.2 Å². The molecule has 5 nitrogen and oxygen atoms in total. The van der Waals surface area contributed by atoms with Crippen LogP contribution in [0.15, 0.2) is 52.3 Å². The van der Waals surface area contributed by atoms with Crippen molar-refractivity contribution in [3.63, 3.8) is 0 Å². The van der Waals surface area contributed by atoms with Crippen LogP contribution in [0.1, 0.15) is 52.7 Å². The summed E-state index contributed by atoms with van der Waals surface area (Å²) >= 11 is 0. The number of nitrogens with zero attached hydrogens (tertiary/aromatic N) is 3. The van der Waals surface area contributed by atoms with Gasteiger partial charge in [-0.2, -0.15) is 0 Å². The van der Waals surface area contributed by atoms with Gasteiger partial charge in [0.1, 0.15) is 0 Å². The van der Waals surface area contributed by atoms with Crippen molar-refractivity contribution >= 4 is 0 Å². The zero-order chi connectivity index (χ0) is 18.6. The van der Waals surface area contributed by atoms with Crippen molar-refractivity contribution in [1.29, 1.82) is 0 Å². The molecule has 3 rings (SSSR count). The Bertz CT molecular complexity index is 974. The van der Waals surface area contributed by atoms with Crippen LogP contribution < -0.4 is 11.4 Å². The van der Waals surface area contributed by atoms with Crippen LogP contribution in [0, 0.1) is 0 Å². The summed E-state index contributed by atoms with van der Waals surface area (Å²) in [7, 11) is 0. The van der Waals surface area contributed by atoms with Crippen molar-refractivity contribution in [1.82, 2.24) is 13.6 Å². The van der Waals surface area contributed by atoms with Gasteiger partial charge in [-0.1, -0.05) is 59.7 Å². The molecule has 0 amide bonds. The number of fused-ring (bicyclic) bond motifs is 1. The van der Waals surface area contributed by atoms with Gasteiger partial charge < -0.3 is 0 Å². The molecule has 0 aliphatic carbocycles. The van der Waals surface area contributed by atoms with E-state index >= 15 is 0 Å². The number of benzene rings is 1. The Morgan fingerprint density at radius 3 is 1.44 bits per heavy atom. The minimum atomic E-state index is -0.359. The maximum atomic E-state index is 12.9. The highest BCUT2D eigenvalue weighted by atomic mass is 16.2. The highest BCUT2D eigenvalue weighted by Gasteiger charge is 2.27. The number of rotatable bonds is 1. The Hall–Kier alpha value is -2.56. The molecule has 0 fully saturated rings. The van der Waals surface area contributed by atoms with Crippen LogP contribution in [0.2, 0.25) is 0 Å². The third kappa shape index (κ3) is 2.84. The summed E-state index contributed by atoms with van der Waals surface area (Å²) < 4.78 is 4.02. The van der Waals surface area contributed by atoms with E-state index < -0.39 is 0 Å². The van der Waals surface area contributed by atoms with Gasteiger partial charge in [0.25, 0.3) is 0 Å². The molecule has 0 spiro atoms. The lowest BCUT2D eigenvalue weighted by atomic mass is 9.77. The van der Waals surface area contributed by atoms with Gasteiger partial charge in [-0.05, 0) is 34.1 Å². The van der Waals surface area contributed by atoms with Crippen LogP contribution in [-0.4, -0.2) is 13.6 Å². The molecule has 3 aromatic rings. The minimum absolute atomic E-state index is 0.144. The molecule has 25 heavy (non-hydrogen) atoms. The maximum Gasteiger partial charge on any atom is 0.356 e. The van der Waals surface area contributed by atoms with Gasteiger partial charge in [-0.15, -0.1) is 0 Å². The molecule has 132 valence electrons. The third-order valence-corrected chi connectivity index (χ3v) is 4.43. The molecule has 1 aromatic carbocycles. The normalized spacial score (nSPS) is 12.7. The van der Waals surface area contributed by atoms with Crippen LogP contribution in [0.4, 0.5) is 0 Å². The smallest absolute Gasteiger partial charge is 0.245 e. The van der Waals surface area contributed by atoms with Gasteiger partial charge in [-0.3, -0.25) is 0 Å². The lowest BCUT2D eigenvalue weighted by Gasteiger charge is -2.29. The van der Waals surface area contributed by atoms with Crippen molar-refractivity contribution in [2.24, 2.45) is 0 Å². The van der Waals surface area contributed by atoms with E-state index in [0.29, 0.717) is 5.69 Å². The second-order valence-corrected chi connectivity index (χ2v) is 8.51. The minimum Gasteiger partial charge on any atom is -0.245 e. The predicted molar refractivity (Wildman–Crippen MR) is 100 cm³/mol. The van der Waals surface area contributed by atoms with Crippen molar-refractivity contribution in [2.75, 3.05) is 0 Å². The van der Waals surface area contributed by atoms with Gasteiger partial charge >= 0.3 is 11.4 Å². The fourth-order valence-corrected chi connectivity index (χ4v) is 3.08. The van der Waals surface area contributed by atoms with Crippen LogP contribution in [0.3, 0.4) is 0 Å². The SMILES string of the molecule is CC(C)(C)c1cn2c(=O)n(-c3ccccc3)c(=O)n2cc1C(C)(C)C. The Morgan fingerprint density at radius 2 is 1.08 bits per heavy atom. The standard InChI is InChI=1S/C20H25N3O2/c1-19(2,3)15-12-21-17(24)23(14-10-8-7-9-11-14)18(25)22(21)13-16(15)20(4,5)6/h7-13H,1-6H3. The molecule has 0 saturated carbocycles. The first-order valence-electron chi connectivity index (χ1n) is 8.48. The third-order valence-electron chi connectivity index (χ3n) is 4.43. The first kappa shape index (κ1) is 17.3. The molecule has 0 radical (unpaired) electrons. The van der Waals surface area contributed by atoms with E-state index in [-0.39, 0.29) is 22.2 Å². The molecule has 2 aromatic heterocycles. The second kappa shape index (κ2) is 5.48. The van der Waals surface area contributed by atoms with E-state index in [9.17, 15) is 9.59 Å². The monoisotopic (exact) mass is 339 g/mol. The van der Waals surface area contributed by atoms with Crippen LogP contribution in [0.5, 0.6) is 0 Å². The Labute approximate surface area is 147 Å². The van der Waals surface area contributed by atoms with Crippen LogP contribution in [-0.2, 0) is 10.8 Å². The molecule has 0 saturated heterocycles. The number of para-hydroxylation sites is 1. The maximum absolute atomic E-state index is 12.9. The summed E-state index contributed by atoms with van der Waals surface area (Å²) in [6, 6.07) is 9.01. The average Bonchev–Trinajstić information content (AvgIpc) is 2.76. The lowest BCUT2D eigenvalue weighted by molar-refractivity contribution is 0.513. The Balaban J connectivity index is 2.45. The van der Waals surface area contributed by atoms with Crippen molar-refractivity contribution in [3.05, 3.63) is 74.8 Å². The fraction of sp³-hybridized carbons (Fsp3) is 0.400. The number of hydrogen-bond acceptors (Lipinski definition) is 2. The summed E-state index contributed by atoms with van der Waals surface area (Å²) in [6.45, 7) is 12.7. The van der Waals surface area contributed by atoms with E-state index in [4.69, 9.17) is 0 Å². The van der Waals surface area contributed by atoms with E-state index in [0.717, 1.165) is 11.1 Å². The molecule has 0 aliphatic rings. The molecule has 0 aliphatic heterocycles. The largest absolute Gasteiger partial charge is 0.356 e. The molecule has 0 bridgehead atoms. The summed E-state index contributed by atoms with van der Waals surface area (Å²) in [5.41, 5.74) is 1.69. The summed E-state index contributed by atoms with van der Waals surface area (Å²) in [4.78, 5) is 25.8. The van der Waals surface area contributed by atoms with Gasteiger partial charge in [0.05, 0.1) is 5.69 Å². The van der Waals surface area contributed by atoms with Gasteiger partial charge in [0.15, 0.2) is 0 Å². The average molecular weight is 339 g/mol. The van der Waals surface area contributed by atoms with Crippen molar-refractivity contribution in [3.8, 4) is 5.69 Å². The molecule has 2 heterocycles. The molecule has 0 unspecified atom stereocenters. The summed E-state index contributed by atoms with van der Waals surface area (Å²) in [6.07, 6.45) is 3.62. The summed E-state index contributed by atoms with van der Waals surface area (Å²) in [5, 5.41) is 0. The Morgan fingerprint density at radius 1 is 0.680 bits per heavy atom. The summed E-state index contributed by atoms with van der Waals surface area (Å²) in [5.74, 6) is 0. The number of hydrogen-bond donors (Lipinski definition) is 0. The molecule has 0 N–H and O–H groups in total. The Kier molecular flexibility index (Phi) is 3.78. The fourth-order valence-electron chi connectivity index (χ4n) is 3.08. The van der Waals surface area contributed by atoms with E-state index in [1.807, 2.05) is 30.6 Å². The van der Waals surface area contributed by atoms with Crippen molar-refractivity contribution in [2.45, 2.75) is 52.4 Å². The quantitative estimate of drug-likeness (QED) is 0.684.